The van der Waals surface area contributed by atoms with Gasteiger partial charge in [0.15, 0.2) is 0 Å². The molecule has 0 fully saturated rings. The van der Waals surface area contributed by atoms with Gasteiger partial charge in [-0.3, -0.25) is 4.79 Å². The maximum atomic E-state index is 11.8. The molecule has 0 aliphatic rings. The molecular formula is C18H23N3O2. The van der Waals surface area contributed by atoms with Gasteiger partial charge in [-0.25, -0.2) is 4.68 Å². The predicted octanol–water partition coefficient (Wildman–Crippen LogP) is 2.41. The van der Waals surface area contributed by atoms with Crippen LogP contribution in [0.4, 0.5) is 0 Å². The molecule has 0 spiro atoms. The summed E-state index contributed by atoms with van der Waals surface area (Å²) in [6.45, 7) is 6.02. The lowest BCUT2D eigenvalue weighted by atomic mass is 9.89. The minimum absolute atomic E-state index is 0.232. The van der Waals surface area contributed by atoms with Gasteiger partial charge in [0.1, 0.15) is 0 Å². The number of benzene rings is 1. The molecule has 0 radical (unpaired) electrons. The van der Waals surface area contributed by atoms with Gasteiger partial charge in [0.05, 0.1) is 18.0 Å². The lowest BCUT2D eigenvalue weighted by molar-refractivity contribution is -0.117. The molecule has 0 aliphatic heterocycles. The van der Waals surface area contributed by atoms with E-state index in [1.165, 1.54) is 6.08 Å². The van der Waals surface area contributed by atoms with Crippen molar-refractivity contribution < 1.29 is 9.90 Å². The van der Waals surface area contributed by atoms with Gasteiger partial charge in [-0.15, -0.1) is 0 Å². The third-order valence-electron chi connectivity index (χ3n) is 3.52. The van der Waals surface area contributed by atoms with Crippen LogP contribution in [0.1, 0.15) is 26.3 Å². The van der Waals surface area contributed by atoms with E-state index in [0.717, 1.165) is 11.3 Å². The molecule has 1 unspecified atom stereocenters. The van der Waals surface area contributed by atoms with E-state index in [2.05, 4.69) is 10.4 Å². The van der Waals surface area contributed by atoms with E-state index < -0.39 is 6.10 Å². The molecule has 23 heavy (non-hydrogen) atoms. The minimum atomic E-state index is -0.583. The normalized spacial score (nSPS) is 13.2. The summed E-state index contributed by atoms with van der Waals surface area (Å²) in [7, 11) is 0. The van der Waals surface area contributed by atoms with Crippen LogP contribution in [0.3, 0.4) is 0 Å². The number of carbonyl (C=O) groups excluding carboxylic acids is 1. The molecule has 0 aliphatic carbocycles. The number of nitrogens with one attached hydrogen (secondary N) is 1. The molecule has 1 amide bonds. The summed E-state index contributed by atoms with van der Waals surface area (Å²) in [6.07, 6.45) is 6.11. The number of carbonyl (C=O) groups is 1. The van der Waals surface area contributed by atoms with Crippen LogP contribution < -0.4 is 5.32 Å². The second-order valence-electron chi connectivity index (χ2n) is 6.51. The van der Waals surface area contributed by atoms with Gasteiger partial charge >= 0.3 is 0 Å². The molecule has 122 valence electrons. The van der Waals surface area contributed by atoms with Crippen LogP contribution in [-0.4, -0.2) is 33.4 Å². The molecule has 0 saturated carbocycles. The lowest BCUT2D eigenvalue weighted by Crippen LogP contribution is -2.38. The number of nitrogens with zero attached hydrogens (tertiary/aromatic N) is 2. The Morgan fingerprint density at radius 1 is 1.35 bits per heavy atom. The SMILES string of the molecule is CC(C)(C)C(O)CNC(=O)/C=C/c1cnn(-c2ccccc2)c1. The minimum Gasteiger partial charge on any atom is -0.391 e. The first-order valence-electron chi connectivity index (χ1n) is 7.60. The number of rotatable bonds is 5. The Hall–Kier alpha value is -2.40. The molecular weight excluding hydrogens is 290 g/mol. The fourth-order valence-corrected chi connectivity index (χ4v) is 1.88. The average Bonchev–Trinajstić information content (AvgIpc) is 2.99. The predicted molar refractivity (Wildman–Crippen MR) is 91.1 cm³/mol. The summed E-state index contributed by atoms with van der Waals surface area (Å²) in [5.41, 5.74) is 1.54. The van der Waals surface area contributed by atoms with E-state index in [0.29, 0.717) is 0 Å². The van der Waals surface area contributed by atoms with Crippen molar-refractivity contribution in [3.05, 3.63) is 54.4 Å². The van der Waals surface area contributed by atoms with Gasteiger partial charge in [0.2, 0.25) is 5.91 Å². The number of aliphatic hydroxyl groups is 1. The summed E-state index contributed by atoms with van der Waals surface area (Å²) in [5.74, 6) is -0.235. The van der Waals surface area contributed by atoms with Gasteiger partial charge in [-0.1, -0.05) is 39.0 Å². The quantitative estimate of drug-likeness (QED) is 0.833. The van der Waals surface area contributed by atoms with Crippen LogP contribution in [0.15, 0.2) is 48.8 Å². The summed E-state index contributed by atoms with van der Waals surface area (Å²) in [5, 5.41) is 16.9. The van der Waals surface area contributed by atoms with Crippen LogP contribution in [0, 0.1) is 5.41 Å². The molecule has 1 heterocycles. The number of hydrogen-bond donors (Lipinski definition) is 2. The zero-order valence-electron chi connectivity index (χ0n) is 13.7. The van der Waals surface area contributed by atoms with Gasteiger partial charge < -0.3 is 10.4 Å². The number of aromatic nitrogens is 2. The molecule has 0 bridgehead atoms. The Morgan fingerprint density at radius 2 is 2.04 bits per heavy atom. The Balaban J connectivity index is 1.91. The number of hydrogen-bond acceptors (Lipinski definition) is 3. The van der Waals surface area contributed by atoms with Crippen LogP contribution in [-0.2, 0) is 4.79 Å². The van der Waals surface area contributed by atoms with Crippen molar-refractivity contribution in [2.45, 2.75) is 26.9 Å². The fourth-order valence-electron chi connectivity index (χ4n) is 1.88. The Bertz CT molecular complexity index is 669. The first-order chi connectivity index (χ1) is 10.9. The second kappa shape index (κ2) is 7.24. The highest BCUT2D eigenvalue weighted by atomic mass is 16.3. The highest BCUT2D eigenvalue weighted by Crippen LogP contribution is 2.18. The lowest BCUT2D eigenvalue weighted by Gasteiger charge is -2.25. The maximum absolute atomic E-state index is 11.8. The van der Waals surface area contributed by atoms with Crippen molar-refractivity contribution in [1.82, 2.24) is 15.1 Å². The van der Waals surface area contributed by atoms with E-state index in [4.69, 9.17) is 0 Å². The molecule has 5 nitrogen and oxygen atoms in total. The van der Waals surface area contributed by atoms with E-state index in [1.54, 1.807) is 17.0 Å². The summed E-state index contributed by atoms with van der Waals surface area (Å²) in [4.78, 5) is 11.8. The van der Waals surface area contributed by atoms with Crippen molar-refractivity contribution in [3.8, 4) is 5.69 Å². The van der Waals surface area contributed by atoms with Crippen LogP contribution in [0.2, 0.25) is 0 Å². The largest absolute Gasteiger partial charge is 0.391 e. The first-order valence-corrected chi connectivity index (χ1v) is 7.60. The number of para-hydroxylation sites is 1. The number of amides is 1. The molecule has 1 atom stereocenters. The van der Waals surface area contributed by atoms with Crippen molar-refractivity contribution in [2.75, 3.05) is 6.54 Å². The van der Waals surface area contributed by atoms with Crippen LogP contribution >= 0.6 is 0 Å². The molecule has 1 aromatic carbocycles. The van der Waals surface area contributed by atoms with E-state index >= 15 is 0 Å². The second-order valence-corrected chi connectivity index (χ2v) is 6.51. The summed E-state index contributed by atoms with van der Waals surface area (Å²) >= 11 is 0. The maximum Gasteiger partial charge on any atom is 0.244 e. The Labute approximate surface area is 136 Å². The van der Waals surface area contributed by atoms with Gasteiger partial charge in [0.25, 0.3) is 0 Å². The smallest absolute Gasteiger partial charge is 0.244 e. The summed E-state index contributed by atoms with van der Waals surface area (Å²) in [6, 6.07) is 9.76. The third-order valence-corrected chi connectivity index (χ3v) is 3.52. The molecule has 0 saturated heterocycles. The fraction of sp³-hybridized carbons (Fsp3) is 0.333. The zero-order chi connectivity index (χ0) is 16.9. The average molecular weight is 313 g/mol. The monoisotopic (exact) mass is 313 g/mol. The van der Waals surface area contributed by atoms with Gasteiger partial charge in [0, 0.05) is 24.4 Å². The molecule has 5 heteroatoms. The zero-order valence-corrected chi connectivity index (χ0v) is 13.7. The topological polar surface area (TPSA) is 67.2 Å². The highest BCUT2D eigenvalue weighted by molar-refractivity contribution is 5.91. The van der Waals surface area contributed by atoms with Crippen molar-refractivity contribution in [1.29, 1.82) is 0 Å². The molecule has 2 rings (SSSR count). The Kier molecular flexibility index (Phi) is 5.34. The van der Waals surface area contributed by atoms with Crippen molar-refractivity contribution in [2.24, 2.45) is 5.41 Å². The standard InChI is InChI=1S/C18H23N3O2/c1-18(2,3)16(22)12-19-17(23)10-9-14-11-20-21(13-14)15-7-5-4-6-8-15/h4-11,13,16,22H,12H2,1-3H3,(H,19,23)/b10-9+. The van der Waals surface area contributed by atoms with Crippen LogP contribution in [0.25, 0.3) is 11.8 Å². The number of aliphatic hydroxyl groups excluding tert-OH is 1. The summed E-state index contributed by atoms with van der Waals surface area (Å²) < 4.78 is 1.75. The van der Waals surface area contributed by atoms with Gasteiger partial charge in [-0.2, -0.15) is 5.10 Å². The highest BCUT2D eigenvalue weighted by Gasteiger charge is 2.21. The molecule has 2 aromatic rings. The van der Waals surface area contributed by atoms with Crippen molar-refractivity contribution in [3.63, 3.8) is 0 Å². The Morgan fingerprint density at radius 3 is 2.70 bits per heavy atom. The van der Waals surface area contributed by atoms with E-state index in [9.17, 15) is 9.90 Å². The van der Waals surface area contributed by atoms with E-state index in [-0.39, 0.29) is 17.9 Å². The van der Waals surface area contributed by atoms with E-state index in [1.807, 2.05) is 57.3 Å². The van der Waals surface area contributed by atoms with Crippen LogP contribution in [0.5, 0.6) is 0 Å². The van der Waals surface area contributed by atoms with Gasteiger partial charge in [-0.05, 0) is 23.6 Å². The molecule has 1 aromatic heterocycles. The molecule has 2 N–H and O–H groups in total. The van der Waals surface area contributed by atoms with Crippen molar-refractivity contribution >= 4 is 12.0 Å². The third kappa shape index (κ3) is 5.07. The first kappa shape index (κ1) is 17.0.